The van der Waals surface area contributed by atoms with E-state index < -0.39 is 10.0 Å². The summed E-state index contributed by atoms with van der Waals surface area (Å²) in [6.45, 7) is 1.03. The van der Waals surface area contributed by atoms with Gasteiger partial charge in [-0.25, -0.2) is 13.8 Å². The molecule has 0 aliphatic carbocycles. The van der Waals surface area contributed by atoms with Crippen LogP contribution < -0.4 is 5.43 Å². The highest BCUT2D eigenvalue weighted by Crippen LogP contribution is 2.23. The van der Waals surface area contributed by atoms with Crippen molar-refractivity contribution in [2.45, 2.75) is 17.7 Å². The summed E-state index contributed by atoms with van der Waals surface area (Å²) in [5.41, 5.74) is 2.63. The Bertz CT molecular complexity index is 1070. The van der Waals surface area contributed by atoms with Gasteiger partial charge in [0.15, 0.2) is 0 Å². The molecule has 0 spiro atoms. The maximum Gasteiger partial charge on any atom is 0.270 e. The minimum atomic E-state index is -3.63. The van der Waals surface area contributed by atoms with Crippen molar-refractivity contribution in [2.75, 3.05) is 26.2 Å². The molecular formula is C19H20N4O4S. The Morgan fingerprint density at radius 3 is 2.36 bits per heavy atom. The summed E-state index contributed by atoms with van der Waals surface area (Å²) in [6, 6.07) is 12.7. The zero-order valence-electron chi connectivity index (χ0n) is 15.2. The quantitative estimate of drug-likeness (QED) is 0.829. The van der Waals surface area contributed by atoms with Gasteiger partial charge in [0.25, 0.3) is 5.91 Å². The number of rotatable bonds is 3. The van der Waals surface area contributed by atoms with Crippen molar-refractivity contribution in [3.05, 3.63) is 42.5 Å². The summed E-state index contributed by atoms with van der Waals surface area (Å²) in [5.74, 6) is -0.453. The predicted molar refractivity (Wildman–Crippen MR) is 104 cm³/mol. The fourth-order valence-corrected chi connectivity index (χ4v) is 4.88. The van der Waals surface area contributed by atoms with Crippen molar-refractivity contribution < 1.29 is 18.0 Å². The Kier molecular flexibility index (Phi) is 4.86. The number of carbonyl (C=O) groups is 2. The van der Waals surface area contributed by atoms with E-state index in [4.69, 9.17) is 0 Å². The molecule has 0 atom stereocenters. The topological polar surface area (TPSA) is 99.2 Å². The molecule has 8 nitrogen and oxygen atoms in total. The van der Waals surface area contributed by atoms with E-state index in [1.165, 1.54) is 4.31 Å². The zero-order valence-corrected chi connectivity index (χ0v) is 16.0. The maximum absolute atomic E-state index is 13.0. The number of hydrazone groups is 1. The third-order valence-corrected chi connectivity index (χ3v) is 6.93. The SMILES string of the molecule is O=C1CCC(C(=O)N2CCN(S(=O)(=O)c3ccc4ccccc4c3)CC2)=NN1. The van der Waals surface area contributed by atoms with Crippen LogP contribution in [0.3, 0.4) is 0 Å². The fraction of sp³-hybridized carbons (Fsp3) is 0.316. The molecule has 2 aliphatic heterocycles. The molecule has 2 amide bonds. The van der Waals surface area contributed by atoms with Crippen molar-refractivity contribution in [1.82, 2.24) is 14.6 Å². The van der Waals surface area contributed by atoms with Gasteiger partial charge in [-0.05, 0) is 22.9 Å². The van der Waals surface area contributed by atoms with Gasteiger partial charge in [-0.3, -0.25) is 9.59 Å². The van der Waals surface area contributed by atoms with E-state index in [9.17, 15) is 18.0 Å². The summed E-state index contributed by atoms with van der Waals surface area (Å²) in [5, 5.41) is 5.68. The number of carbonyl (C=O) groups excluding carboxylic acids is 2. The second-order valence-electron chi connectivity index (χ2n) is 6.80. The highest BCUT2D eigenvalue weighted by atomic mass is 32.2. The van der Waals surface area contributed by atoms with Crippen molar-refractivity contribution in [3.8, 4) is 0 Å². The summed E-state index contributed by atoms with van der Waals surface area (Å²) in [6.07, 6.45) is 0.543. The van der Waals surface area contributed by atoms with Crippen molar-refractivity contribution >= 4 is 38.3 Å². The standard InChI is InChI=1S/C19H20N4O4S/c24-18-8-7-17(20-21-18)19(25)22-9-11-23(12-10-22)28(26,27)16-6-5-14-3-1-2-4-15(14)13-16/h1-6,13H,7-12H2,(H,21,24). The molecule has 2 aromatic carbocycles. The zero-order chi connectivity index (χ0) is 19.7. The Balaban J connectivity index is 1.46. The van der Waals surface area contributed by atoms with E-state index in [2.05, 4.69) is 10.5 Å². The molecule has 0 bridgehead atoms. The van der Waals surface area contributed by atoms with Gasteiger partial charge < -0.3 is 4.90 Å². The van der Waals surface area contributed by atoms with Crippen LogP contribution in [0.2, 0.25) is 0 Å². The molecule has 2 aromatic rings. The minimum Gasteiger partial charge on any atom is -0.335 e. The van der Waals surface area contributed by atoms with Gasteiger partial charge in [0.1, 0.15) is 5.71 Å². The van der Waals surface area contributed by atoms with Gasteiger partial charge in [0.05, 0.1) is 4.90 Å². The summed E-state index contributed by atoms with van der Waals surface area (Å²) < 4.78 is 27.4. The highest BCUT2D eigenvalue weighted by molar-refractivity contribution is 7.89. The molecule has 9 heteroatoms. The second kappa shape index (κ2) is 7.33. The summed E-state index contributed by atoms with van der Waals surface area (Å²) in [7, 11) is -3.63. The Morgan fingerprint density at radius 1 is 0.964 bits per heavy atom. The van der Waals surface area contributed by atoms with Crippen LogP contribution >= 0.6 is 0 Å². The average Bonchev–Trinajstić information content (AvgIpc) is 2.73. The number of nitrogens with one attached hydrogen (secondary N) is 1. The smallest absolute Gasteiger partial charge is 0.270 e. The molecule has 4 rings (SSSR count). The van der Waals surface area contributed by atoms with Gasteiger partial charge in [0, 0.05) is 39.0 Å². The van der Waals surface area contributed by atoms with Crippen LogP contribution in [0.4, 0.5) is 0 Å². The van der Waals surface area contributed by atoms with E-state index in [1.807, 2.05) is 24.3 Å². The lowest BCUT2D eigenvalue weighted by molar-refractivity contribution is -0.125. The molecule has 0 unspecified atom stereocenters. The third-order valence-electron chi connectivity index (χ3n) is 5.04. The van der Waals surface area contributed by atoms with Crippen LogP contribution in [0.15, 0.2) is 52.5 Å². The van der Waals surface area contributed by atoms with Gasteiger partial charge in [-0.1, -0.05) is 30.3 Å². The first-order valence-corrected chi connectivity index (χ1v) is 10.5. The maximum atomic E-state index is 13.0. The number of sulfonamides is 1. The number of fused-ring (bicyclic) bond motifs is 1. The predicted octanol–water partition coefficient (Wildman–Crippen LogP) is 0.939. The fourth-order valence-electron chi connectivity index (χ4n) is 3.42. The number of hydrogen-bond donors (Lipinski definition) is 1. The summed E-state index contributed by atoms with van der Waals surface area (Å²) >= 11 is 0. The molecule has 2 aliphatic rings. The molecule has 28 heavy (non-hydrogen) atoms. The highest BCUT2D eigenvalue weighted by Gasteiger charge is 2.32. The minimum absolute atomic E-state index is 0.206. The Hall–Kier alpha value is -2.78. The number of benzene rings is 2. The molecule has 2 heterocycles. The van der Waals surface area contributed by atoms with Crippen LogP contribution in [-0.4, -0.2) is 61.3 Å². The Morgan fingerprint density at radius 2 is 1.68 bits per heavy atom. The molecule has 1 fully saturated rings. The van der Waals surface area contributed by atoms with E-state index in [0.717, 1.165) is 10.8 Å². The van der Waals surface area contributed by atoms with Crippen LogP contribution in [0.5, 0.6) is 0 Å². The molecule has 0 radical (unpaired) electrons. The molecule has 146 valence electrons. The van der Waals surface area contributed by atoms with Gasteiger partial charge >= 0.3 is 0 Å². The lowest BCUT2D eigenvalue weighted by Gasteiger charge is -2.34. The van der Waals surface area contributed by atoms with E-state index in [-0.39, 0.29) is 36.2 Å². The normalized spacial score (nSPS) is 18.6. The van der Waals surface area contributed by atoms with Crippen LogP contribution in [0, 0.1) is 0 Å². The van der Waals surface area contributed by atoms with Crippen molar-refractivity contribution in [3.63, 3.8) is 0 Å². The third kappa shape index (κ3) is 3.50. The van der Waals surface area contributed by atoms with E-state index in [1.54, 1.807) is 23.1 Å². The van der Waals surface area contributed by atoms with Gasteiger partial charge in [-0.2, -0.15) is 9.41 Å². The number of hydrogen-bond acceptors (Lipinski definition) is 5. The molecular weight excluding hydrogens is 380 g/mol. The number of piperazine rings is 1. The lowest BCUT2D eigenvalue weighted by Crippen LogP contribution is -2.52. The second-order valence-corrected chi connectivity index (χ2v) is 8.74. The molecule has 0 saturated carbocycles. The van der Waals surface area contributed by atoms with Crippen LogP contribution in [0.25, 0.3) is 10.8 Å². The molecule has 1 saturated heterocycles. The Labute approximate surface area is 162 Å². The van der Waals surface area contributed by atoms with Crippen LogP contribution in [0.1, 0.15) is 12.8 Å². The number of nitrogens with zero attached hydrogens (tertiary/aromatic N) is 3. The monoisotopic (exact) mass is 400 g/mol. The lowest BCUT2D eigenvalue weighted by atomic mass is 10.1. The molecule has 0 aromatic heterocycles. The number of amides is 2. The van der Waals surface area contributed by atoms with Gasteiger partial charge in [0.2, 0.25) is 15.9 Å². The van der Waals surface area contributed by atoms with Crippen molar-refractivity contribution in [1.29, 1.82) is 0 Å². The molecule has 1 N–H and O–H groups in total. The first-order chi connectivity index (χ1) is 13.4. The summed E-state index contributed by atoms with van der Waals surface area (Å²) in [4.78, 5) is 25.5. The largest absolute Gasteiger partial charge is 0.335 e. The van der Waals surface area contributed by atoms with Crippen molar-refractivity contribution in [2.24, 2.45) is 5.10 Å². The van der Waals surface area contributed by atoms with Crippen LogP contribution in [-0.2, 0) is 19.6 Å². The van der Waals surface area contributed by atoms with E-state index >= 15 is 0 Å². The first kappa shape index (κ1) is 18.6. The van der Waals surface area contributed by atoms with E-state index in [0.29, 0.717) is 25.2 Å². The average molecular weight is 400 g/mol. The van der Waals surface area contributed by atoms with Gasteiger partial charge in [-0.15, -0.1) is 0 Å². The first-order valence-electron chi connectivity index (χ1n) is 9.09.